The summed E-state index contributed by atoms with van der Waals surface area (Å²) in [5.41, 5.74) is 2.09. The highest BCUT2D eigenvalue weighted by molar-refractivity contribution is 8.00. The Balaban J connectivity index is 1.74. The lowest BCUT2D eigenvalue weighted by atomic mass is 10.1. The van der Waals surface area contributed by atoms with E-state index in [2.05, 4.69) is 28.4 Å². The van der Waals surface area contributed by atoms with Gasteiger partial charge in [0, 0.05) is 11.5 Å². The highest BCUT2D eigenvalue weighted by Gasteiger charge is 2.17. The molecule has 2 aromatic heterocycles. The number of amides is 1. The summed E-state index contributed by atoms with van der Waals surface area (Å²) in [6, 6.07) is 11.7. The molecule has 1 aromatic carbocycles. The van der Waals surface area contributed by atoms with Gasteiger partial charge in [0.05, 0.1) is 15.8 Å². The average molecular weight is 327 g/mol. The summed E-state index contributed by atoms with van der Waals surface area (Å²) < 4.78 is 4.94. The van der Waals surface area contributed by atoms with Crippen LogP contribution in [0.5, 0.6) is 0 Å². The van der Waals surface area contributed by atoms with Gasteiger partial charge in [-0.2, -0.15) is 0 Å². The predicted molar refractivity (Wildman–Crippen MR) is 91.7 cm³/mol. The number of anilines is 1. The van der Waals surface area contributed by atoms with Crippen LogP contribution < -0.4 is 5.32 Å². The number of pyridine rings is 1. The third-order valence-corrected chi connectivity index (χ3v) is 4.46. The summed E-state index contributed by atoms with van der Waals surface area (Å²) in [6.07, 6.45) is 0. The van der Waals surface area contributed by atoms with Gasteiger partial charge in [-0.15, -0.1) is 0 Å². The number of fused-ring (bicyclic) bond motifs is 1. The maximum Gasteiger partial charge on any atom is 0.238 e. The summed E-state index contributed by atoms with van der Waals surface area (Å²) in [5, 5.41) is 8.18. The smallest absolute Gasteiger partial charge is 0.238 e. The molecule has 0 aliphatic rings. The summed E-state index contributed by atoms with van der Waals surface area (Å²) in [5.74, 6) is 0.964. The van der Waals surface area contributed by atoms with Gasteiger partial charge in [0.25, 0.3) is 0 Å². The minimum absolute atomic E-state index is 0.129. The first kappa shape index (κ1) is 15.6. The molecule has 1 atom stereocenters. The summed E-state index contributed by atoms with van der Waals surface area (Å²) >= 11 is 1.43. The van der Waals surface area contributed by atoms with Crippen molar-refractivity contribution in [3.8, 4) is 0 Å². The molecule has 0 spiro atoms. The molecule has 1 N–H and O–H groups in total. The summed E-state index contributed by atoms with van der Waals surface area (Å²) in [4.78, 5) is 16.9. The highest BCUT2D eigenvalue weighted by atomic mass is 32.2. The molecule has 118 valence electrons. The quantitative estimate of drug-likeness (QED) is 0.735. The number of aromatic nitrogens is 2. The van der Waals surface area contributed by atoms with Crippen molar-refractivity contribution in [2.45, 2.75) is 31.0 Å². The van der Waals surface area contributed by atoms with Crippen molar-refractivity contribution < 1.29 is 9.32 Å². The molecule has 0 radical (unpaired) electrons. The van der Waals surface area contributed by atoms with Crippen LogP contribution in [0.15, 0.2) is 45.9 Å². The van der Waals surface area contributed by atoms with E-state index in [0.29, 0.717) is 11.6 Å². The van der Waals surface area contributed by atoms with E-state index in [-0.39, 0.29) is 11.2 Å². The fourth-order valence-corrected chi connectivity index (χ4v) is 3.19. The maximum absolute atomic E-state index is 12.2. The second kappa shape index (κ2) is 6.42. The van der Waals surface area contributed by atoms with Gasteiger partial charge in [-0.05, 0) is 38.5 Å². The molecule has 2 heterocycles. The zero-order chi connectivity index (χ0) is 16.4. The lowest BCUT2D eigenvalue weighted by Crippen LogP contribution is -2.22. The van der Waals surface area contributed by atoms with Gasteiger partial charge in [-0.25, -0.2) is 4.98 Å². The molecule has 0 fully saturated rings. The van der Waals surface area contributed by atoms with Crippen LogP contribution in [0, 0.1) is 13.8 Å². The Hall–Kier alpha value is -2.34. The van der Waals surface area contributed by atoms with Crippen LogP contribution in [0.1, 0.15) is 18.2 Å². The first-order valence-electron chi connectivity index (χ1n) is 7.30. The number of benzene rings is 1. The Bertz CT molecular complexity index is 860. The normalized spacial score (nSPS) is 12.3. The van der Waals surface area contributed by atoms with Crippen molar-refractivity contribution in [3.05, 3.63) is 47.7 Å². The summed E-state index contributed by atoms with van der Waals surface area (Å²) in [7, 11) is 0. The second-order valence-electron chi connectivity index (χ2n) is 5.37. The van der Waals surface area contributed by atoms with E-state index >= 15 is 0 Å². The molecule has 1 unspecified atom stereocenters. The van der Waals surface area contributed by atoms with E-state index < -0.39 is 0 Å². The van der Waals surface area contributed by atoms with Crippen molar-refractivity contribution in [1.82, 2.24) is 10.1 Å². The van der Waals surface area contributed by atoms with Crippen LogP contribution in [-0.4, -0.2) is 21.3 Å². The zero-order valence-corrected chi connectivity index (χ0v) is 14.0. The molecular weight excluding hydrogens is 310 g/mol. The average Bonchev–Trinajstić information content (AvgIpc) is 2.92. The Morgan fingerprint density at radius 3 is 2.78 bits per heavy atom. The molecule has 0 bridgehead atoms. The molecule has 0 saturated carbocycles. The Morgan fingerprint density at radius 2 is 2.04 bits per heavy atom. The number of aryl methyl sites for hydroxylation is 2. The number of para-hydroxylation sites is 1. The third-order valence-electron chi connectivity index (χ3n) is 3.45. The number of nitrogens with one attached hydrogen (secondary N) is 1. The number of carbonyl (C=O) groups excluding carboxylic acids is 1. The van der Waals surface area contributed by atoms with Gasteiger partial charge in [-0.1, -0.05) is 35.1 Å². The van der Waals surface area contributed by atoms with Crippen molar-refractivity contribution >= 4 is 34.4 Å². The molecule has 5 nitrogen and oxygen atoms in total. The van der Waals surface area contributed by atoms with Crippen LogP contribution in [0.4, 0.5) is 5.82 Å². The van der Waals surface area contributed by atoms with E-state index in [9.17, 15) is 4.79 Å². The SMILES string of the molecule is Cc1cc(NC(=O)C(C)Sc2cc(C)c3ccccc3n2)no1. The van der Waals surface area contributed by atoms with Crippen molar-refractivity contribution in [3.63, 3.8) is 0 Å². The largest absolute Gasteiger partial charge is 0.360 e. The molecule has 3 rings (SSSR count). The van der Waals surface area contributed by atoms with Gasteiger partial charge in [0.1, 0.15) is 5.76 Å². The number of hydrogen-bond donors (Lipinski definition) is 1. The topological polar surface area (TPSA) is 68.0 Å². The first-order valence-corrected chi connectivity index (χ1v) is 8.18. The van der Waals surface area contributed by atoms with Crippen LogP contribution in [0.2, 0.25) is 0 Å². The Kier molecular flexibility index (Phi) is 4.34. The van der Waals surface area contributed by atoms with Crippen LogP contribution in [-0.2, 0) is 4.79 Å². The number of carbonyl (C=O) groups is 1. The number of nitrogens with zero attached hydrogens (tertiary/aromatic N) is 2. The van der Waals surface area contributed by atoms with Gasteiger partial charge in [0.2, 0.25) is 5.91 Å². The lowest BCUT2D eigenvalue weighted by Gasteiger charge is -2.11. The van der Waals surface area contributed by atoms with Gasteiger partial charge in [-0.3, -0.25) is 4.79 Å². The van der Waals surface area contributed by atoms with Gasteiger partial charge < -0.3 is 9.84 Å². The maximum atomic E-state index is 12.2. The van der Waals surface area contributed by atoms with E-state index in [0.717, 1.165) is 21.5 Å². The van der Waals surface area contributed by atoms with E-state index in [1.165, 1.54) is 11.8 Å². The van der Waals surface area contributed by atoms with Crippen LogP contribution >= 0.6 is 11.8 Å². The standard InChI is InChI=1S/C17H17N3O2S/c1-10-8-16(18-14-7-5-4-6-13(10)14)23-12(3)17(21)19-15-9-11(2)22-20-15/h4-9,12H,1-3H3,(H,19,20,21). The van der Waals surface area contributed by atoms with Crippen molar-refractivity contribution in [2.24, 2.45) is 0 Å². The second-order valence-corrected chi connectivity index (χ2v) is 6.73. The third kappa shape index (κ3) is 3.53. The number of hydrogen-bond acceptors (Lipinski definition) is 5. The first-order chi connectivity index (χ1) is 11.0. The predicted octanol–water partition coefficient (Wildman–Crippen LogP) is 3.96. The van der Waals surface area contributed by atoms with E-state index in [4.69, 9.17) is 4.52 Å². The minimum atomic E-state index is -0.292. The molecule has 23 heavy (non-hydrogen) atoms. The van der Waals surface area contributed by atoms with Gasteiger partial charge in [0.15, 0.2) is 5.82 Å². The van der Waals surface area contributed by atoms with E-state index in [1.54, 1.807) is 13.0 Å². The van der Waals surface area contributed by atoms with Gasteiger partial charge >= 0.3 is 0 Å². The number of thioether (sulfide) groups is 1. The lowest BCUT2D eigenvalue weighted by molar-refractivity contribution is -0.115. The molecule has 0 saturated heterocycles. The fourth-order valence-electron chi connectivity index (χ4n) is 2.27. The molecule has 3 aromatic rings. The summed E-state index contributed by atoms with van der Waals surface area (Å²) in [6.45, 7) is 5.68. The highest BCUT2D eigenvalue weighted by Crippen LogP contribution is 2.27. The molecule has 6 heteroatoms. The molecular formula is C17H17N3O2S. The monoisotopic (exact) mass is 327 g/mol. The number of rotatable bonds is 4. The Morgan fingerprint density at radius 1 is 1.26 bits per heavy atom. The van der Waals surface area contributed by atoms with Crippen molar-refractivity contribution in [2.75, 3.05) is 5.32 Å². The zero-order valence-electron chi connectivity index (χ0n) is 13.2. The molecule has 0 aliphatic carbocycles. The fraction of sp³-hybridized carbons (Fsp3) is 0.235. The molecule has 1 amide bonds. The van der Waals surface area contributed by atoms with Crippen LogP contribution in [0.3, 0.4) is 0 Å². The Labute approximate surface area is 138 Å². The minimum Gasteiger partial charge on any atom is -0.360 e. The van der Waals surface area contributed by atoms with Crippen molar-refractivity contribution in [1.29, 1.82) is 0 Å². The van der Waals surface area contributed by atoms with E-state index in [1.807, 2.05) is 31.2 Å². The van der Waals surface area contributed by atoms with Crippen LogP contribution in [0.25, 0.3) is 10.9 Å². The molecule has 0 aliphatic heterocycles.